The van der Waals surface area contributed by atoms with Crippen LogP contribution in [0.1, 0.15) is 5.56 Å². The first-order valence-electron chi connectivity index (χ1n) is 5.76. The summed E-state index contributed by atoms with van der Waals surface area (Å²) in [4.78, 5) is 11.6. The SMILES string of the molecule is O=C(Cc1ccccc1)NCCn1cccc1. The smallest absolute Gasteiger partial charge is 0.224 e. The third kappa shape index (κ3) is 3.79. The molecule has 0 bridgehead atoms. The maximum Gasteiger partial charge on any atom is 0.224 e. The minimum absolute atomic E-state index is 0.0726. The van der Waals surface area contributed by atoms with Crippen molar-refractivity contribution in [3.05, 3.63) is 60.4 Å². The van der Waals surface area contributed by atoms with Gasteiger partial charge in [0.15, 0.2) is 0 Å². The highest BCUT2D eigenvalue weighted by Gasteiger charge is 2.01. The molecule has 0 fully saturated rings. The topological polar surface area (TPSA) is 34.0 Å². The molecule has 0 spiro atoms. The van der Waals surface area contributed by atoms with E-state index in [1.807, 2.05) is 59.4 Å². The van der Waals surface area contributed by atoms with E-state index in [2.05, 4.69) is 5.32 Å². The maximum absolute atomic E-state index is 11.6. The van der Waals surface area contributed by atoms with E-state index in [9.17, 15) is 4.79 Å². The molecule has 2 aromatic rings. The van der Waals surface area contributed by atoms with Crippen LogP contribution in [0.25, 0.3) is 0 Å². The van der Waals surface area contributed by atoms with Gasteiger partial charge in [-0.05, 0) is 17.7 Å². The lowest BCUT2D eigenvalue weighted by atomic mass is 10.1. The van der Waals surface area contributed by atoms with Crippen molar-refractivity contribution in [2.24, 2.45) is 0 Å². The zero-order valence-corrected chi connectivity index (χ0v) is 9.67. The van der Waals surface area contributed by atoms with E-state index in [1.54, 1.807) is 0 Å². The summed E-state index contributed by atoms with van der Waals surface area (Å²) in [5, 5.41) is 2.91. The number of nitrogens with zero attached hydrogens (tertiary/aromatic N) is 1. The lowest BCUT2D eigenvalue weighted by molar-refractivity contribution is -0.120. The van der Waals surface area contributed by atoms with Gasteiger partial charge in [-0.1, -0.05) is 30.3 Å². The summed E-state index contributed by atoms with van der Waals surface area (Å²) in [7, 11) is 0. The predicted molar refractivity (Wildman–Crippen MR) is 67.6 cm³/mol. The first kappa shape index (κ1) is 11.5. The van der Waals surface area contributed by atoms with Crippen LogP contribution >= 0.6 is 0 Å². The second kappa shape index (κ2) is 5.89. The van der Waals surface area contributed by atoms with E-state index >= 15 is 0 Å². The Hall–Kier alpha value is -2.03. The van der Waals surface area contributed by atoms with Crippen LogP contribution in [-0.2, 0) is 17.8 Å². The lowest BCUT2D eigenvalue weighted by Gasteiger charge is -2.06. The van der Waals surface area contributed by atoms with Crippen LogP contribution in [0, 0.1) is 0 Å². The first-order valence-corrected chi connectivity index (χ1v) is 5.76. The highest BCUT2D eigenvalue weighted by Crippen LogP contribution is 1.99. The number of nitrogens with one attached hydrogen (secondary N) is 1. The van der Waals surface area contributed by atoms with E-state index in [-0.39, 0.29) is 5.91 Å². The maximum atomic E-state index is 11.6. The average Bonchev–Trinajstić information content (AvgIpc) is 2.83. The lowest BCUT2D eigenvalue weighted by Crippen LogP contribution is -2.28. The van der Waals surface area contributed by atoms with E-state index < -0.39 is 0 Å². The molecule has 0 saturated carbocycles. The molecule has 1 aromatic carbocycles. The Labute approximate surface area is 101 Å². The number of carbonyl (C=O) groups excluding carboxylic acids is 1. The standard InChI is InChI=1S/C14H16N2O/c17-14(12-13-6-2-1-3-7-13)15-8-11-16-9-4-5-10-16/h1-7,9-10H,8,11-12H2,(H,15,17). The summed E-state index contributed by atoms with van der Waals surface area (Å²) in [5.41, 5.74) is 1.05. The van der Waals surface area contributed by atoms with Gasteiger partial charge < -0.3 is 9.88 Å². The zero-order chi connectivity index (χ0) is 11.9. The van der Waals surface area contributed by atoms with Crippen molar-refractivity contribution in [1.29, 1.82) is 0 Å². The minimum Gasteiger partial charge on any atom is -0.354 e. The fraction of sp³-hybridized carbons (Fsp3) is 0.214. The molecule has 3 heteroatoms. The second-order valence-corrected chi connectivity index (χ2v) is 3.93. The highest BCUT2D eigenvalue weighted by molar-refractivity contribution is 5.78. The first-order chi connectivity index (χ1) is 8.34. The van der Waals surface area contributed by atoms with Crippen molar-refractivity contribution >= 4 is 5.91 Å². The molecule has 17 heavy (non-hydrogen) atoms. The number of hydrogen-bond donors (Lipinski definition) is 1. The molecular formula is C14H16N2O. The predicted octanol–water partition coefficient (Wildman–Crippen LogP) is 1.85. The van der Waals surface area contributed by atoms with Gasteiger partial charge in [0.1, 0.15) is 0 Å². The molecule has 2 rings (SSSR count). The Morgan fingerprint density at radius 2 is 1.76 bits per heavy atom. The van der Waals surface area contributed by atoms with E-state index in [1.165, 1.54) is 0 Å². The van der Waals surface area contributed by atoms with Crippen LogP contribution in [0.3, 0.4) is 0 Å². The summed E-state index contributed by atoms with van der Waals surface area (Å²) in [6.45, 7) is 1.48. The molecule has 88 valence electrons. The van der Waals surface area contributed by atoms with Crippen LogP contribution < -0.4 is 5.32 Å². The molecular weight excluding hydrogens is 212 g/mol. The monoisotopic (exact) mass is 228 g/mol. The number of hydrogen-bond acceptors (Lipinski definition) is 1. The molecule has 0 unspecified atom stereocenters. The highest BCUT2D eigenvalue weighted by atomic mass is 16.1. The van der Waals surface area contributed by atoms with E-state index in [4.69, 9.17) is 0 Å². The van der Waals surface area contributed by atoms with Crippen LogP contribution in [0.2, 0.25) is 0 Å². The molecule has 1 aromatic heterocycles. The largest absolute Gasteiger partial charge is 0.354 e. The van der Waals surface area contributed by atoms with Crippen molar-refractivity contribution in [2.75, 3.05) is 6.54 Å². The molecule has 0 atom stereocenters. The molecule has 0 saturated heterocycles. The van der Waals surface area contributed by atoms with E-state index in [0.717, 1.165) is 12.1 Å². The van der Waals surface area contributed by atoms with Gasteiger partial charge in [0, 0.05) is 25.5 Å². The summed E-state index contributed by atoms with van der Waals surface area (Å²) in [6, 6.07) is 13.7. The summed E-state index contributed by atoms with van der Waals surface area (Å²) < 4.78 is 2.04. The normalized spacial score (nSPS) is 10.1. The summed E-state index contributed by atoms with van der Waals surface area (Å²) in [5.74, 6) is 0.0726. The molecule has 3 nitrogen and oxygen atoms in total. The fourth-order valence-electron chi connectivity index (χ4n) is 1.69. The Balaban J connectivity index is 1.71. The molecule has 1 N–H and O–H groups in total. The van der Waals surface area contributed by atoms with Crippen molar-refractivity contribution in [1.82, 2.24) is 9.88 Å². The number of carbonyl (C=O) groups is 1. The zero-order valence-electron chi connectivity index (χ0n) is 9.67. The third-order valence-electron chi connectivity index (χ3n) is 2.57. The Morgan fingerprint density at radius 1 is 1.06 bits per heavy atom. The Morgan fingerprint density at radius 3 is 2.47 bits per heavy atom. The van der Waals surface area contributed by atoms with Crippen LogP contribution in [-0.4, -0.2) is 17.0 Å². The number of benzene rings is 1. The molecule has 0 aliphatic rings. The number of aromatic nitrogens is 1. The Kier molecular flexibility index (Phi) is 3.97. The number of amides is 1. The van der Waals surface area contributed by atoms with Gasteiger partial charge in [0.05, 0.1) is 6.42 Å². The van der Waals surface area contributed by atoms with Crippen molar-refractivity contribution in [3.8, 4) is 0 Å². The number of rotatable bonds is 5. The van der Waals surface area contributed by atoms with Gasteiger partial charge in [-0.3, -0.25) is 4.79 Å². The van der Waals surface area contributed by atoms with Crippen LogP contribution in [0.15, 0.2) is 54.9 Å². The molecule has 0 aliphatic carbocycles. The average molecular weight is 228 g/mol. The molecule has 0 aliphatic heterocycles. The Bertz CT molecular complexity index is 448. The van der Waals surface area contributed by atoms with Crippen molar-refractivity contribution < 1.29 is 4.79 Å². The van der Waals surface area contributed by atoms with E-state index in [0.29, 0.717) is 13.0 Å². The third-order valence-corrected chi connectivity index (χ3v) is 2.57. The molecule has 0 radical (unpaired) electrons. The van der Waals surface area contributed by atoms with Crippen LogP contribution in [0.4, 0.5) is 0 Å². The summed E-state index contributed by atoms with van der Waals surface area (Å²) in [6.07, 6.45) is 4.43. The molecule has 1 heterocycles. The van der Waals surface area contributed by atoms with Crippen LogP contribution in [0.5, 0.6) is 0 Å². The van der Waals surface area contributed by atoms with Crippen molar-refractivity contribution in [3.63, 3.8) is 0 Å². The molecule has 1 amide bonds. The summed E-state index contributed by atoms with van der Waals surface area (Å²) >= 11 is 0. The van der Waals surface area contributed by atoms with Gasteiger partial charge >= 0.3 is 0 Å². The fourth-order valence-corrected chi connectivity index (χ4v) is 1.69. The van der Waals surface area contributed by atoms with Gasteiger partial charge in [0.2, 0.25) is 5.91 Å². The van der Waals surface area contributed by atoms with Crippen molar-refractivity contribution in [2.45, 2.75) is 13.0 Å². The van der Waals surface area contributed by atoms with Gasteiger partial charge in [-0.15, -0.1) is 0 Å². The quantitative estimate of drug-likeness (QED) is 0.832. The second-order valence-electron chi connectivity index (χ2n) is 3.93. The van der Waals surface area contributed by atoms with Gasteiger partial charge in [-0.2, -0.15) is 0 Å². The van der Waals surface area contributed by atoms with Gasteiger partial charge in [0.25, 0.3) is 0 Å². The minimum atomic E-state index is 0.0726. The van der Waals surface area contributed by atoms with Gasteiger partial charge in [-0.25, -0.2) is 0 Å².